The SMILES string of the molecule is CC(c1ccsc1)N1CCCC2CNCC21. The summed E-state index contributed by atoms with van der Waals surface area (Å²) in [6.45, 7) is 6.07. The average Bonchev–Trinajstić information content (AvgIpc) is 2.98. The number of nitrogens with zero attached hydrogens (tertiary/aromatic N) is 1. The molecule has 0 radical (unpaired) electrons. The van der Waals surface area contributed by atoms with Gasteiger partial charge in [0.1, 0.15) is 0 Å². The normalized spacial score (nSPS) is 32.6. The zero-order chi connectivity index (χ0) is 11.0. The fourth-order valence-electron chi connectivity index (χ4n) is 3.29. The van der Waals surface area contributed by atoms with Crippen molar-refractivity contribution >= 4 is 11.3 Å². The molecule has 16 heavy (non-hydrogen) atoms. The summed E-state index contributed by atoms with van der Waals surface area (Å²) < 4.78 is 0. The lowest BCUT2D eigenvalue weighted by Crippen LogP contribution is -2.46. The predicted molar refractivity (Wildman–Crippen MR) is 68.8 cm³/mol. The number of piperidine rings is 1. The molecule has 0 spiro atoms. The second kappa shape index (κ2) is 4.47. The van der Waals surface area contributed by atoms with Gasteiger partial charge in [0.2, 0.25) is 0 Å². The predicted octanol–water partition coefficient (Wildman–Crippen LogP) is 2.49. The van der Waals surface area contributed by atoms with Crippen molar-refractivity contribution in [3.05, 3.63) is 22.4 Å². The molecule has 3 heteroatoms. The van der Waals surface area contributed by atoms with E-state index < -0.39 is 0 Å². The van der Waals surface area contributed by atoms with E-state index in [9.17, 15) is 0 Å². The van der Waals surface area contributed by atoms with E-state index in [-0.39, 0.29) is 0 Å². The fraction of sp³-hybridized carbons (Fsp3) is 0.692. The number of rotatable bonds is 2. The zero-order valence-corrected chi connectivity index (χ0v) is 10.7. The maximum Gasteiger partial charge on any atom is 0.0331 e. The van der Waals surface area contributed by atoms with Crippen LogP contribution in [0.4, 0.5) is 0 Å². The van der Waals surface area contributed by atoms with Gasteiger partial charge in [0.25, 0.3) is 0 Å². The molecule has 3 unspecified atom stereocenters. The van der Waals surface area contributed by atoms with Crippen LogP contribution in [0.2, 0.25) is 0 Å². The largest absolute Gasteiger partial charge is 0.315 e. The highest BCUT2D eigenvalue weighted by Gasteiger charge is 2.37. The molecule has 0 aromatic carbocycles. The number of thiophene rings is 1. The second-order valence-electron chi connectivity index (χ2n) is 5.10. The van der Waals surface area contributed by atoms with Crippen LogP contribution in [0.5, 0.6) is 0 Å². The van der Waals surface area contributed by atoms with E-state index in [1.165, 1.54) is 38.0 Å². The molecule has 2 fully saturated rings. The lowest BCUT2D eigenvalue weighted by Gasteiger charge is -2.40. The summed E-state index contributed by atoms with van der Waals surface area (Å²) in [6, 6.07) is 3.66. The first kappa shape index (κ1) is 10.8. The maximum atomic E-state index is 3.56. The van der Waals surface area contributed by atoms with E-state index in [4.69, 9.17) is 0 Å². The first-order valence-electron chi connectivity index (χ1n) is 6.35. The van der Waals surface area contributed by atoms with Crippen molar-refractivity contribution < 1.29 is 0 Å². The zero-order valence-electron chi connectivity index (χ0n) is 9.86. The molecule has 88 valence electrons. The van der Waals surface area contributed by atoms with Crippen LogP contribution in [-0.4, -0.2) is 30.6 Å². The third-order valence-electron chi connectivity index (χ3n) is 4.24. The van der Waals surface area contributed by atoms with Crippen LogP contribution >= 0.6 is 11.3 Å². The summed E-state index contributed by atoms with van der Waals surface area (Å²) in [5.41, 5.74) is 1.50. The second-order valence-corrected chi connectivity index (χ2v) is 5.88. The van der Waals surface area contributed by atoms with Crippen LogP contribution in [0.3, 0.4) is 0 Å². The van der Waals surface area contributed by atoms with Gasteiger partial charge >= 0.3 is 0 Å². The van der Waals surface area contributed by atoms with Crippen LogP contribution in [-0.2, 0) is 0 Å². The quantitative estimate of drug-likeness (QED) is 0.848. The van der Waals surface area contributed by atoms with E-state index in [2.05, 4.69) is 34.0 Å². The Bertz CT molecular complexity index is 336. The molecular weight excluding hydrogens is 216 g/mol. The minimum atomic E-state index is 0.596. The van der Waals surface area contributed by atoms with E-state index in [1.54, 1.807) is 0 Å². The Morgan fingerprint density at radius 1 is 1.50 bits per heavy atom. The third kappa shape index (κ3) is 1.81. The van der Waals surface area contributed by atoms with Crippen LogP contribution in [0, 0.1) is 5.92 Å². The number of nitrogens with one attached hydrogen (secondary N) is 1. The number of fused-ring (bicyclic) bond motifs is 1. The molecular formula is C13H20N2S. The van der Waals surface area contributed by atoms with Crippen molar-refractivity contribution in [1.29, 1.82) is 0 Å². The summed E-state index contributed by atoms with van der Waals surface area (Å²) in [4.78, 5) is 2.72. The van der Waals surface area contributed by atoms with Gasteiger partial charge < -0.3 is 5.32 Å². The summed E-state index contributed by atoms with van der Waals surface area (Å²) in [5.74, 6) is 0.898. The van der Waals surface area contributed by atoms with Gasteiger partial charge in [0.15, 0.2) is 0 Å². The molecule has 0 saturated carbocycles. The number of hydrogen-bond donors (Lipinski definition) is 1. The summed E-state index contributed by atoms with van der Waals surface area (Å²) >= 11 is 1.81. The Morgan fingerprint density at radius 2 is 2.44 bits per heavy atom. The van der Waals surface area contributed by atoms with Gasteiger partial charge in [-0.2, -0.15) is 11.3 Å². The molecule has 3 rings (SSSR count). The lowest BCUT2D eigenvalue weighted by atomic mass is 9.90. The van der Waals surface area contributed by atoms with Gasteiger partial charge in [0.05, 0.1) is 0 Å². The van der Waals surface area contributed by atoms with Crippen LogP contribution in [0.25, 0.3) is 0 Å². The molecule has 2 aliphatic heterocycles. The Labute approximate surface area is 102 Å². The van der Waals surface area contributed by atoms with Crippen LogP contribution < -0.4 is 5.32 Å². The summed E-state index contributed by atoms with van der Waals surface area (Å²) in [6.07, 6.45) is 2.79. The molecule has 2 saturated heterocycles. The van der Waals surface area contributed by atoms with Crippen molar-refractivity contribution in [3.63, 3.8) is 0 Å². The monoisotopic (exact) mass is 236 g/mol. The molecule has 0 bridgehead atoms. The summed E-state index contributed by atoms with van der Waals surface area (Å²) in [5, 5.41) is 8.05. The minimum absolute atomic E-state index is 0.596. The van der Waals surface area contributed by atoms with E-state index >= 15 is 0 Å². The first-order valence-corrected chi connectivity index (χ1v) is 7.29. The highest BCUT2D eigenvalue weighted by molar-refractivity contribution is 7.07. The fourth-order valence-corrected chi connectivity index (χ4v) is 4.04. The maximum absolute atomic E-state index is 3.56. The number of hydrogen-bond acceptors (Lipinski definition) is 3. The van der Waals surface area contributed by atoms with Gasteiger partial charge in [-0.05, 0) is 61.2 Å². The third-order valence-corrected chi connectivity index (χ3v) is 4.95. The average molecular weight is 236 g/mol. The van der Waals surface area contributed by atoms with Gasteiger partial charge in [-0.1, -0.05) is 0 Å². The smallest absolute Gasteiger partial charge is 0.0331 e. The van der Waals surface area contributed by atoms with Crippen molar-refractivity contribution in [2.24, 2.45) is 5.92 Å². The Balaban J connectivity index is 1.78. The number of likely N-dealkylation sites (tertiary alicyclic amines) is 1. The molecule has 1 N–H and O–H groups in total. The van der Waals surface area contributed by atoms with E-state index in [0.29, 0.717) is 6.04 Å². The van der Waals surface area contributed by atoms with Crippen LogP contribution in [0.15, 0.2) is 16.8 Å². The van der Waals surface area contributed by atoms with Crippen molar-refractivity contribution in [2.45, 2.75) is 31.8 Å². The van der Waals surface area contributed by atoms with Crippen molar-refractivity contribution in [3.8, 4) is 0 Å². The molecule has 0 aliphatic carbocycles. The van der Waals surface area contributed by atoms with Crippen LogP contribution in [0.1, 0.15) is 31.4 Å². The van der Waals surface area contributed by atoms with E-state index in [1.807, 2.05) is 11.3 Å². The summed E-state index contributed by atoms with van der Waals surface area (Å²) in [7, 11) is 0. The molecule has 1 aromatic heterocycles. The molecule has 1 aromatic rings. The van der Waals surface area contributed by atoms with E-state index in [0.717, 1.165) is 12.0 Å². The molecule has 2 nitrogen and oxygen atoms in total. The van der Waals surface area contributed by atoms with Crippen molar-refractivity contribution in [1.82, 2.24) is 10.2 Å². The van der Waals surface area contributed by atoms with Gasteiger partial charge in [0, 0.05) is 18.6 Å². The standard InChI is InChI=1S/C13H20N2S/c1-10(12-4-6-16-9-12)15-5-2-3-11-7-14-8-13(11)15/h4,6,9-11,13-14H,2-3,5,7-8H2,1H3. The molecule has 3 heterocycles. The van der Waals surface area contributed by atoms with Gasteiger partial charge in [-0.15, -0.1) is 0 Å². The Kier molecular flexibility index (Phi) is 3.01. The first-order chi connectivity index (χ1) is 7.86. The Hall–Kier alpha value is -0.380. The topological polar surface area (TPSA) is 15.3 Å². The highest BCUT2D eigenvalue weighted by atomic mass is 32.1. The highest BCUT2D eigenvalue weighted by Crippen LogP contribution is 2.33. The Morgan fingerprint density at radius 3 is 3.25 bits per heavy atom. The lowest BCUT2D eigenvalue weighted by molar-refractivity contribution is 0.0849. The van der Waals surface area contributed by atoms with Gasteiger partial charge in [-0.25, -0.2) is 0 Å². The molecule has 2 aliphatic rings. The molecule has 0 amide bonds. The van der Waals surface area contributed by atoms with Crippen molar-refractivity contribution in [2.75, 3.05) is 19.6 Å². The van der Waals surface area contributed by atoms with Gasteiger partial charge in [-0.3, -0.25) is 4.90 Å². The molecule has 3 atom stereocenters. The minimum Gasteiger partial charge on any atom is -0.315 e.